The van der Waals surface area contributed by atoms with E-state index >= 15 is 0 Å². The average Bonchev–Trinajstić information content (AvgIpc) is 2.96. The van der Waals surface area contributed by atoms with Crippen molar-refractivity contribution in [3.8, 4) is 0 Å². The van der Waals surface area contributed by atoms with E-state index in [-0.39, 0.29) is 5.41 Å². The van der Waals surface area contributed by atoms with E-state index in [1.165, 1.54) is 17.8 Å². The molecule has 3 nitrogen and oxygen atoms in total. The van der Waals surface area contributed by atoms with Gasteiger partial charge in [0.25, 0.3) is 0 Å². The molecule has 2 heterocycles. The fraction of sp³-hybridized carbons (Fsp3) is 0.824. The summed E-state index contributed by atoms with van der Waals surface area (Å²) in [5, 5.41) is 4.92. The highest BCUT2D eigenvalue weighted by atomic mass is 16.5. The Kier molecular flexibility index (Phi) is 4.58. The lowest BCUT2D eigenvalue weighted by atomic mass is 9.89. The molecule has 2 rings (SSSR count). The van der Waals surface area contributed by atoms with Crippen LogP contribution in [-0.2, 0) is 16.7 Å². The van der Waals surface area contributed by atoms with Gasteiger partial charge < -0.3 is 4.74 Å². The van der Waals surface area contributed by atoms with Crippen molar-refractivity contribution in [1.82, 2.24) is 9.78 Å². The summed E-state index contributed by atoms with van der Waals surface area (Å²) in [4.78, 5) is 0. The van der Waals surface area contributed by atoms with Crippen LogP contribution < -0.4 is 0 Å². The van der Waals surface area contributed by atoms with Crippen molar-refractivity contribution in [2.45, 2.75) is 65.8 Å². The molecule has 0 saturated carbocycles. The van der Waals surface area contributed by atoms with Gasteiger partial charge in [0, 0.05) is 36.1 Å². The molecular formula is C17H30N2O. The second kappa shape index (κ2) is 5.88. The van der Waals surface area contributed by atoms with E-state index in [1.807, 2.05) is 0 Å². The molecule has 1 fully saturated rings. The van der Waals surface area contributed by atoms with Gasteiger partial charge in [-0.3, -0.25) is 4.68 Å². The lowest BCUT2D eigenvalue weighted by Gasteiger charge is -2.21. The van der Waals surface area contributed by atoms with Gasteiger partial charge in [-0.25, -0.2) is 0 Å². The van der Waals surface area contributed by atoms with Gasteiger partial charge in [-0.15, -0.1) is 0 Å². The summed E-state index contributed by atoms with van der Waals surface area (Å²) in [5.41, 5.74) is 2.73. The van der Waals surface area contributed by atoms with Crippen LogP contribution in [0.5, 0.6) is 0 Å². The van der Waals surface area contributed by atoms with Crippen LogP contribution in [0.25, 0.3) is 0 Å². The van der Waals surface area contributed by atoms with Crippen molar-refractivity contribution < 1.29 is 4.74 Å². The summed E-state index contributed by atoms with van der Waals surface area (Å²) >= 11 is 0. The smallest absolute Gasteiger partial charge is 0.0658 e. The number of ether oxygens (including phenoxy) is 1. The zero-order chi connectivity index (χ0) is 14.9. The summed E-state index contributed by atoms with van der Waals surface area (Å²) in [7, 11) is 0. The lowest BCUT2D eigenvalue weighted by Crippen LogP contribution is -2.21. The zero-order valence-electron chi connectivity index (χ0n) is 13.9. The first kappa shape index (κ1) is 15.6. The lowest BCUT2D eigenvalue weighted by molar-refractivity contribution is 0.181. The minimum atomic E-state index is 0.140. The third-order valence-corrected chi connectivity index (χ3v) is 4.49. The number of nitrogens with zero attached hydrogens (tertiary/aromatic N) is 2. The quantitative estimate of drug-likeness (QED) is 0.833. The topological polar surface area (TPSA) is 27.1 Å². The zero-order valence-corrected chi connectivity index (χ0v) is 13.9. The minimum absolute atomic E-state index is 0.140. The first-order valence-electron chi connectivity index (χ1n) is 7.95. The van der Waals surface area contributed by atoms with Crippen molar-refractivity contribution in [2.75, 3.05) is 13.2 Å². The molecule has 1 aliphatic rings. The van der Waals surface area contributed by atoms with Gasteiger partial charge in [0.15, 0.2) is 0 Å². The third-order valence-electron chi connectivity index (χ3n) is 4.49. The highest BCUT2D eigenvalue weighted by Crippen LogP contribution is 2.30. The first-order chi connectivity index (χ1) is 9.29. The van der Waals surface area contributed by atoms with Gasteiger partial charge in [0.2, 0.25) is 0 Å². The SMILES string of the molecule is CC(C)C(C)c1cc(C(C)(C)C)n(CC2CCOC2)n1. The van der Waals surface area contributed by atoms with E-state index in [9.17, 15) is 0 Å². The number of rotatable bonds is 4. The Hall–Kier alpha value is -0.830. The monoisotopic (exact) mass is 278 g/mol. The van der Waals surface area contributed by atoms with Crippen molar-refractivity contribution in [3.05, 3.63) is 17.5 Å². The summed E-state index contributed by atoms with van der Waals surface area (Å²) < 4.78 is 7.75. The maximum Gasteiger partial charge on any atom is 0.0658 e. The molecule has 0 N–H and O–H groups in total. The number of hydrogen-bond acceptors (Lipinski definition) is 2. The molecule has 0 aliphatic carbocycles. The molecule has 114 valence electrons. The maximum absolute atomic E-state index is 5.51. The van der Waals surface area contributed by atoms with Crippen LogP contribution in [0.1, 0.15) is 65.3 Å². The normalized spacial score (nSPS) is 21.6. The largest absolute Gasteiger partial charge is 0.381 e. The molecule has 2 atom stereocenters. The molecule has 3 heteroatoms. The van der Waals surface area contributed by atoms with Gasteiger partial charge in [-0.2, -0.15) is 5.10 Å². The molecule has 1 saturated heterocycles. The van der Waals surface area contributed by atoms with Crippen molar-refractivity contribution >= 4 is 0 Å². The summed E-state index contributed by atoms with van der Waals surface area (Å²) in [6, 6.07) is 2.32. The molecule has 1 aromatic rings. The standard InChI is InChI=1S/C17H30N2O/c1-12(2)13(3)15-9-16(17(4,5)6)19(18-15)10-14-7-8-20-11-14/h9,12-14H,7-8,10-11H2,1-6H3. The van der Waals surface area contributed by atoms with E-state index in [0.717, 1.165) is 19.8 Å². The number of hydrogen-bond donors (Lipinski definition) is 0. The van der Waals surface area contributed by atoms with E-state index < -0.39 is 0 Å². The van der Waals surface area contributed by atoms with E-state index in [1.54, 1.807) is 0 Å². The van der Waals surface area contributed by atoms with Gasteiger partial charge in [-0.1, -0.05) is 41.5 Å². The second-order valence-electron chi connectivity index (χ2n) is 7.65. The van der Waals surface area contributed by atoms with E-state index in [4.69, 9.17) is 9.84 Å². The Balaban J connectivity index is 2.27. The fourth-order valence-corrected chi connectivity index (χ4v) is 2.72. The average molecular weight is 278 g/mol. The third kappa shape index (κ3) is 3.43. The van der Waals surface area contributed by atoms with Crippen molar-refractivity contribution in [2.24, 2.45) is 11.8 Å². The predicted octanol–water partition coefficient (Wildman–Crippen LogP) is 3.98. The molecular weight excluding hydrogens is 248 g/mol. The van der Waals surface area contributed by atoms with Crippen molar-refractivity contribution in [1.29, 1.82) is 0 Å². The van der Waals surface area contributed by atoms with Crippen LogP contribution in [0, 0.1) is 11.8 Å². The van der Waals surface area contributed by atoms with E-state index in [2.05, 4.69) is 52.3 Å². The predicted molar refractivity (Wildman–Crippen MR) is 83.1 cm³/mol. The van der Waals surface area contributed by atoms with Crippen LogP contribution in [0.2, 0.25) is 0 Å². The maximum atomic E-state index is 5.51. The van der Waals surface area contributed by atoms with Gasteiger partial charge in [-0.05, 0) is 18.4 Å². The summed E-state index contributed by atoms with van der Waals surface area (Å²) in [6.45, 7) is 16.4. The molecule has 0 spiro atoms. The molecule has 20 heavy (non-hydrogen) atoms. The van der Waals surface area contributed by atoms with E-state index in [0.29, 0.717) is 17.8 Å². The molecule has 0 amide bonds. The molecule has 0 aromatic carbocycles. The van der Waals surface area contributed by atoms with Crippen LogP contribution in [0.3, 0.4) is 0 Å². The fourth-order valence-electron chi connectivity index (χ4n) is 2.72. The molecule has 0 radical (unpaired) electrons. The summed E-state index contributed by atoms with van der Waals surface area (Å²) in [5.74, 6) is 1.76. The molecule has 0 bridgehead atoms. The second-order valence-corrected chi connectivity index (χ2v) is 7.65. The first-order valence-corrected chi connectivity index (χ1v) is 7.95. The van der Waals surface area contributed by atoms with Crippen LogP contribution in [-0.4, -0.2) is 23.0 Å². The van der Waals surface area contributed by atoms with Gasteiger partial charge >= 0.3 is 0 Å². The number of aromatic nitrogens is 2. The van der Waals surface area contributed by atoms with Crippen molar-refractivity contribution in [3.63, 3.8) is 0 Å². The Morgan fingerprint density at radius 2 is 2.05 bits per heavy atom. The molecule has 1 aliphatic heterocycles. The Morgan fingerprint density at radius 3 is 2.55 bits per heavy atom. The molecule has 1 aromatic heterocycles. The van der Waals surface area contributed by atoms with Gasteiger partial charge in [0.1, 0.15) is 0 Å². The minimum Gasteiger partial charge on any atom is -0.381 e. The van der Waals surface area contributed by atoms with Gasteiger partial charge in [0.05, 0.1) is 12.3 Å². The van der Waals surface area contributed by atoms with Crippen LogP contribution in [0.4, 0.5) is 0 Å². The Labute approximate surface area is 123 Å². The van der Waals surface area contributed by atoms with Crippen LogP contribution >= 0.6 is 0 Å². The Bertz CT molecular complexity index is 436. The van der Waals surface area contributed by atoms with Crippen LogP contribution in [0.15, 0.2) is 6.07 Å². The highest BCUT2D eigenvalue weighted by Gasteiger charge is 2.26. The Morgan fingerprint density at radius 1 is 1.35 bits per heavy atom. The molecule has 2 unspecified atom stereocenters. The summed E-state index contributed by atoms with van der Waals surface area (Å²) in [6.07, 6.45) is 1.17. The highest BCUT2D eigenvalue weighted by molar-refractivity contribution is 5.21.